The first-order valence-electron chi connectivity index (χ1n) is 21.1. The third kappa shape index (κ3) is 6.08. The van der Waals surface area contributed by atoms with Gasteiger partial charge in [0, 0.05) is 49.6 Å². The van der Waals surface area contributed by atoms with Crippen LogP contribution in [0.4, 0.5) is 0 Å². The lowest BCUT2D eigenvalue weighted by atomic mass is 10.0. The topological polar surface area (TPSA) is 35.6 Å². The van der Waals surface area contributed by atoms with Crippen molar-refractivity contribution in [3.63, 3.8) is 0 Å². The lowest BCUT2D eigenvalue weighted by Gasteiger charge is -2.12. The Balaban J connectivity index is 0.897. The Morgan fingerprint density at radius 2 is 0.661 bits per heavy atom. The number of benzene rings is 9. The number of hydrogen-bond acceptors (Lipinski definition) is 2. The van der Waals surface area contributed by atoms with Crippen LogP contribution in [0, 0.1) is 0 Å². The number of rotatable bonds is 7. The molecule has 290 valence electrons. The van der Waals surface area contributed by atoms with E-state index >= 15 is 0 Å². The molecule has 0 spiro atoms. The Morgan fingerprint density at radius 3 is 1.23 bits per heavy atom. The molecule has 0 N–H and O–H groups in total. The summed E-state index contributed by atoms with van der Waals surface area (Å²) >= 11 is 0. The average molecular weight is 791 g/mol. The second-order valence-electron chi connectivity index (χ2n) is 15.8. The Labute approximate surface area is 359 Å². The molecule has 0 bridgehead atoms. The van der Waals surface area contributed by atoms with Crippen molar-refractivity contribution in [2.75, 3.05) is 0 Å². The van der Waals surface area contributed by atoms with E-state index in [1.54, 1.807) is 0 Å². The van der Waals surface area contributed by atoms with Gasteiger partial charge in [0.25, 0.3) is 0 Å². The zero-order valence-corrected chi connectivity index (χ0v) is 33.7. The smallest absolute Gasteiger partial charge is 0.160 e. The fourth-order valence-electron chi connectivity index (χ4n) is 9.16. The molecule has 4 nitrogen and oxygen atoms in total. The van der Waals surface area contributed by atoms with E-state index in [2.05, 4.69) is 203 Å². The van der Waals surface area contributed by atoms with Gasteiger partial charge in [0.05, 0.1) is 33.5 Å². The van der Waals surface area contributed by atoms with Gasteiger partial charge in [-0.25, -0.2) is 9.97 Å². The summed E-state index contributed by atoms with van der Waals surface area (Å²) < 4.78 is 4.79. The summed E-state index contributed by atoms with van der Waals surface area (Å²) in [5, 5.41) is 5.00. The summed E-state index contributed by atoms with van der Waals surface area (Å²) in [6, 6.07) is 82.2. The molecule has 0 amide bonds. The zero-order valence-electron chi connectivity index (χ0n) is 33.7. The largest absolute Gasteiger partial charge is 0.309 e. The summed E-state index contributed by atoms with van der Waals surface area (Å²) in [6.45, 7) is 0. The average Bonchev–Trinajstić information content (AvgIpc) is 3.87. The number of fused-ring (bicyclic) bond motifs is 6. The fraction of sp³-hybridized carbons (Fsp3) is 0. The number of hydrogen-bond donors (Lipinski definition) is 0. The van der Waals surface area contributed by atoms with Crippen molar-refractivity contribution in [3.8, 4) is 67.5 Å². The molecule has 3 aromatic heterocycles. The van der Waals surface area contributed by atoms with Crippen LogP contribution in [0.2, 0.25) is 0 Å². The molecular weight excluding hydrogens is 753 g/mol. The minimum Gasteiger partial charge on any atom is -0.309 e. The standard InChI is InChI=1S/C58H38N4/c1-3-14-41(15-4-1)52-38-53(42-16-5-2-6-17-42)60-58(59-52)43-28-26-39(27-29-43)40-30-33-46(34-31-40)61-54-23-10-9-22-50(54)51-35-32-45(37-57(51)61)44-18-13-19-47(36-44)62-55-24-11-7-20-48(55)49-21-8-12-25-56(49)62/h1-38H. The molecule has 62 heavy (non-hydrogen) atoms. The molecule has 12 aromatic rings. The molecule has 9 aromatic carbocycles. The van der Waals surface area contributed by atoms with Crippen molar-refractivity contribution in [2.45, 2.75) is 0 Å². The van der Waals surface area contributed by atoms with Crippen LogP contribution in [0.3, 0.4) is 0 Å². The predicted molar refractivity (Wildman–Crippen MR) is 258 cm³/mol. The highest BCUT2D eigenvalue weighted by atomic mass is 15.0. The SMILES string of the molecule is c1ccc(-c2cc(-c3ccccc3)nc(-c3ccc(-c4ccc(-n5c6ccccc6c6ccc(-c7cccc(-n8c9ccccc9c9ccccc98)c7)cc65)cc4)cc3)n2)cc1. The van der Waals surface area contributed by atoms with Crippen molar-refractivity contribution in [1.82, 2.24) is 19.1 Å². The van der Waals surface area contributed by atoms with E-state index in [-0.39, 0.29) is 0 Å². The van der Waals surface area contributed by atoms with Crippen LogP contribution in [0.15, 0.2) is 231 Å². The van der Waals surface area contributed by atoms with Crippen LogP contribution in [0.5, 0.6) is 0 Å². The first-order chi connectivity index (χ1) is 30.7. The molecule has 0 fully saturated rings. The summed E-state index contributed by atoms with van der Waals surface area (Å²) in [5.41, 5.74) is 16.6. The van der Waals surface area contributed by atoms with Gasteiger partial charge in [0.2, 0.25) is 0 Å². The van der Waals surface area contributed by atoms with E-state index in [0.717, 1.165) is 50.6 Å². The van der Waals surface area contributed by atoms with Crippen LogP contribution in [0.1, 0.15) is 0 Å². The van der Waals surface area contributed by atoms with Crippen molar-refractivity contribution < 1.29 is 0 Å². The lowest BCUT2D eigenvalue weighted by Crippen LogP contribution is -1.96. The number of nitrogens with zero attached hydrogens (tertiary/aromatic N) is 4. The van der Waals surface area contributed by atoms with E-state index in [1.165, 1.54) is 54.7 Å². The molecule has 0 aliphatic carbocycles. The second kappa shape index (κ2) is 14.7. The second-order valence-corrected chi connectivity index (χ2v) is 15.8. The minimum atomic E-state index is 0.705. The van der Waals surface area contributed by atoms with E-state index in [0.29, 0.717) is 5.82 Å². The minimum absolute atomic E-state index is 0.705. The highest BCUT2D eigenvalue weighted by Gasteiger charge is 2.16. The molecule has 0 aliphatic heterocycles. The molecular formula is C58H38N4. The normalized spacial score (nSPS) is 11.5. The van der Waals surface area contributed by atoms with Gasteiger partial charge in [-0.1, -0.05) is 176 Å². The Bertz CT molecular complexity index is 3490. The van der Waals surface area contributed by atoms with Gasteiger partial charge in [-0.3, -0.25) is 0 Å². The zero-order chi connectivity index (χ0) is 41.0. The van der Waals surface area contributed by atoms with Gasteiger partial charge >= 0.3 is 0 Å². The van der Waals surface area contributed by atoms with Crippen LogP contribution >= 0.6 is 0 Å². The van der Waals surface area contributed by atoms with Crippen LogP contribution in [-0.4, -0.2) is 19.1 Å². The van der Waals surface area contributed by atoms with Gasteiger partial charge in [0.1, 0.15) is 0 Å². The Hall–Kier alpha value is -8.34. The molecule has 4 heteroatoms. The maximum absolute atomic E-state index is 5.04. The van der Waals surface area contributed by atoms with Crippen LogP contribution in [0.25, 0.3) is 111 Å². The van der Waals surface area contributed by atoms with Gasteiger partial charge in [0.15, 0.2) is 5.82 Å². The van der Waals surface area contributed by atoms with Gasteiger partial charge < -0.3 is 9.13 Å². The van der Waals surface area contributed by atoms with Crippen molar-refractivity contribution >= 4 is 43.6 Å². The first kappa shape index (κ1) is 35.6. The highest BCUT2D eigenvalue weighted by molar-refractivity contribution is 6.11. The molecule has 12 rings (SSSR count). The molecule has 0 aliphatic rings. The van der Waals surface area contributed by atoms with Gasteiger partial charge in [-0.2, -0.15) is 0 Å². The third-order valence-corrected chi connectivity index (χ3v) is 12.2. The molecule has 0 saturated carbocycles. The summed E-state index contributed by atoms with van der Waals surface area (Å²) in [6.07, 6.45) is 0. The maximum Gasteiger partial charge on any atom is 0.160 e. The van der Waals surface area contributed by atoms with Crippen LogP contribution < -0.4 is 0 Å². The van der Waals surface area contributed by atoms with Gasteiger partial charge in [-0.05, 0) is 76.9 Å². The summed E-state index contributed by atoms with van der Waals surface area (Å²) in [7, 11) is 0. The number of para-hydroxylation sites is 3. The molecule has 0 unspecified atom stereocenters. The van der Waals surface area contributed by atoms with Crippen LogP contribution in [-0.2, 0) is 0 Å². The molecule has 0 radical (unpaired) electrons. The molecule has 0 atom stereocenters. The Kier molecular flexibility index (Phi) is 8.46. The maximum atomic E-state index is 5.04. The third-order valence-electron chi connectivity index (χ3n) is 12.2. The van der Waals surface area contributed by atoms with E-state index in [4.69, 9.17) is 9.97 Å². The summed E-state index contributed by atoms with van der Waals surface area (Å²) in [5.74, 6) is 0.705. The monoisotopic (exact) mass is 790 g/mol. The van der Waals surface area contributed by atoms with Crippen molar-refractivity contribution in [1.29, 1.82) is 0 Å². The Morgan fingerprint density at radius 1 is 0.242 bits per heavy atom. The van der Waals surface area contributed by atoms with Crippen molar-refractivity contribution in [2.24, 2.45) is 0 Å². The lowest BCUT2D eigenvalue weighted by molar-refractivity contribution is 1.18. The van der Waals surface area contributed by atoms with Crippen molar-refractivity contribution in [3.05, 3.63) is 231 Å². The number of aromatic nitrogens is 4. The fourth-order valence-corrected chi connectivity index (χ4v) is 9.16. The first-order valence-corrected chi connectivity index (χ1v) is 21.1. The van der Waals surface area contributed by atoms with E-state index in [1.807, 2.05) is 36.4 Å². The summed E-state index contributed by atoms with van der Waals surface area (Å²) in [4.78, 5) is 10.1. The quantitative estimate of drug-likeness (QED) is 0.161. The molecule has 3 heterocycles. The predicted octanol–water partition coefficient (Wildman–Crippen LogP) is 15.0. The van der Waals surface area contributed by atoms with E-state index in [9.17, 15) is 0 Å². The van der Waals surface area contributed by atoms with E-state index < -0.39 is 0 Å². The van der Waals surface area contributed by atoms with Gasteiger partial charge in [-0.15, -0.1) is 0 Å². The highest BCUT2D eigenvalue weighted by Crippen LogP contribution is 2.38. The molecule has 0 saturated heterocycles.